The number of nitrogens with one attached hydrogen (secondary N) is 1. The van der Waals surface area contributed by atoms with E-state index in [1.807, 2.05) is 0 Å². The molecule has 3 N–H and O–H groups in total. The number of aliphatic hydroxyl groups is 1. The molecule has 2 rings (SSSR count). The van der Waals surface area contributed by atoms with Crippen molar-refractivity contribution in [2.24, 2.45) is 0 Å². The van der Waals surface area contributed by atoms with Crippen LogP contribution in [0.5, 0.6) is 5.75 Å². The molecule has 90 valence electrons. The Kier molecular flexibility index (Phi) is 2.52. The first-order valence-corrected chi connectivity index (χ1v) is 5.44. The van der Waals surface area contributed by atoms with E-state index in [0.717, 1.165) is 0 Å². The van der Waals surface area contributed by atoms with Crippen molar-refractivity contribution in [3.05, 3.63) is 38.3 Å². The van der Waals surface area contributed by atoms with E-state index in [4.69, 9.17) is 7.85 Å². The minimum Gasteiger partial charge on any atom is -0.507 e. The van der Waals surface area contributed by atoms with E-state index in [9.17, 15) is 14.3 Å². The maximum absolute atomic E-state index is 13.8. The van der Waals surface area contributed by atoms with Crippen LogP contribution in [-0.2, 0) is 6.42 Å². The number of benzene rings is 1. The van der Waals surface area contributed by atoms with Crippen LogP contribution in [0, 0.1) is 5.82 Å². The van der Waals surface area contributed by atoms with Crippen LogP contribution >= 0.6 is 15.9 Å². The number of fused-ring (bicyclic) bond motifs is 1. The lowest BCUT2D eigenvalue weighted by Crippen LogP contribution is -2.14. The molecule has 17 heavy (non-hydrogen) atoms. The number of aromatic hydroxyl groups is 1. The zero-order chi connectivity index (χ0) is 14.4. The molecule has 0 unspecified atom stereocenters. The monoisotopic (exact) mass is 303 g/mol. The average Bonchev–Trinajstić information content (AvgIpc) is 2.29. The van der Waals surface area contributed by atoms with Gasteiger partial charge in [0.15, 0.2) is 5.82 Å². The van der Waals surface area contributed by atoms with Crippen LogP contribution in [0.3, 0.4) is 0 Å². The van der Waals surface area contributed by atoms with Gasteiger partial charge in [0.1, 0.15) is 5.75 Å². The van der Waals surface area contributed by atoms with Gasteiger partial charge in [0.05, 0.1) is 18.3 Å². The zero-order valence-electron chi connectivity index (χ0n) is 10.4. The summed E-state index contributed by atoms with van der Waals surface area (Å²) in [4.78, 5) is 14.0. The standard InChI is InChI=1S/C11H9BrFNO3/c12-7-2-1-5-9(8(7)13)14-11(17)6(3-4-15)10(5)16/h1-2,15H,3-4H2,(H2,14,16,17)/i4D2. The lowest BCUT2D eigenvalue weighted by Gasteiger charge is -2.07. The zero-order valence-corrected chi connectivity index (χ0v) is 10.0. The first-order chi connectivity index (χ1) is 8.70. The Morgan fingerprint density at radius 3 is 2.88 bits per heavy atom. The van der Waals surface area contributed by atoms with Gasteiger partial charge in [-0.15, -0.1) is 0 Å². The van der Waals surface area contributed by atoms with Crippen LogP contribution < -0.4 is 5.56 Å². The second kappa shape index (κ2) is 4.46. The van der Waals surface area contributed by atoms with E-state index in [1.54, 1.807) is 0 Å². The molecule has 0 bridgehead atoms. The fourth-order valence-corrected chi connectivity index (χ4v) is 1.90. The minimum atomic E-state index is -2.65. The molecule has 0 fully saturated rings. The largest absolute Gasteiger partial charge is 0.507 e. The van der Waals surface area contributed by atoms with Crippen molar-refractivity contribution in [2.45, 2.75) is 6.42 Å². The van der Waals surface area contributed by atoms with E-state index in [-0.39, 0.29) is 20.9 Å². The molecule has 0 spiro atoms. The van der Waals surface area contributed by atoms with Crippen molar-refractivity contribution in [2.75, 3.05) is 6.56 Å². The maximum Gasteiger partial charge on any atom is 0.255 e. The fraction of sp³-hybridized carbons (Fsp3) is 0.182. The minimum absolute atomic E-state index is 0.0413. The first kappa shape index (κ1) is 9.61. The van der Waals surface area contributed by atoms with E-state index >= 15 is 0 Å². The quantitative estimate of drug-likeness (QED) is 0.790. The highest BCUT2D eigenvalue weighted by atomic mass is 79.9. The van der Waals surface area contributed by atoms with Crippen molar-refractivity contribution >= 4 is 26.8 Å². The molecular weight excluding hydrogens is 293 g/mol. The molecule has 0 radical (unpaired) electrons. The molecule has 6 heteroatoms. The molecule has 4 nitrogen and oxygen atoms in total. The molecule has 0 aliphatic rings. The van der Waals surface area contributed by atoms with Gasteiger partial charge in [-0.3, -0.25) is 4.79 Å². The van der Waals surface area contributed by atoms with E-state index < -0.39 is 30.1 Å². The number of halogens is 2. The number of pyridine rings is 1. The number of hydrogen-bond donors (Lipinski definition) is 3. The second-order valence-electron chi connectivity index (χ2n) is 3.40. The van der Waals surface area contributed by atoms with Crippen molar-refractivity contribution in [1.82, 2.24) is 4.98 Å². The van der Waals surface area contributed by atoms with Crippen LogP contribution in [0.15, 0.2) is 21.4 Å². The predicted molar refractivity (Wildman–Crippen MR) is 64.7 cm³/mol. The van der Waals surface area contributed by atoms with Gasteiger partial charge < -0.3 is 15.2 Å². The molecular formula is C11H9BrFNO3. The van der Waals surface area contributed by atoms with Gasteiger partial charge in [-0.05, 0) is 28.1 Å². The Morgan fingerprint density at radius 2 is 2.24 bits per heavy atom. The summed E-state index contributed by atoms with van der Waals surface area (Å²) < 4.78 is 27.9. The normalized spacial score (nSPS) is 13.6. The second-order valence-corrected chi connectivity index (χ2v) is 4.25. The Balaban J connectivity index is 2.77. The van der Waals surface area contributed by atoms with Gasteiger partial charge in [-0.25, -0.2) is 4.39 Å². The van der Waals surface area contributed by atoms with Gasteiger partial charge in [-0.2, -0.15) is 0 Å². The van der Waals surface area contributed by atoms with Crippen molar-refractivity contribution in [3.8, 4) is 5.75 Å². The number of rotatable bonds is 2. The summed E-state index contributed by atoms with van der Waals surface area (Å²) in [5.41, 5.74) is -1.36. The van der Waals surface area contributed by atoms with Gasteiger partial charge in [0.25, 0.3) is 5.56 Å². The Bertz CT molecular complexity index is 712. The molecule has 1 aromatic heterocycles. The van der Waals surface area contributed by atoms with Gasteiger partial charge in [-0.1, -0.05) is 0 Å². The summed E-state index contributed by atoms with van der Waals surface area (Å²) >= 11 is 2.95. The number of aromatic nitrogens is 1. The SMILES string of the molecule is [2H]C([2H])(O)Cc1c(O)c2ccc(Br)c(F)c2[nH]c1=O. The van der Waals surface area contributed by atoms with Crippen molar-refractivity contribution < 1.29 is 17.3 Å². The average molecular weight is 304 g/mol. The Morgan fingerprint density at radius 1 is 1.53 bits per heavy atom. The summed E-state index contributed by atoms with van der Waals surface area (Å²) in [7, 11) is 0. The summed E-state index contributed by atoms with van der Waals surface area (Å²) in [6.07, 6.45) is -0.693. The maximum atomic E-state index is 13.8. The number of H-pyrrole nitrogens is 1. The molecule has 0 amide bonds. The smallest absolute Gasteiger partial charge is 0.255 e. The van der Waals surface area contributed by atoms with Crippen LogP contribution in [0.2, 0.25) is 0 Å². The van der Waals surface area contributed by atoms with Crippen LogP contribution in [0.4, 0.5) is 4.39 Å². The highest BCUT2D eigenvalue weighted by molar-refractivity contribution is 9.10. The molecule has 0 saturated carbocycles. The third-order valence-corrected chi connectivity index (χ3v) is 3.02. The Hall–Kier alpha value is -1.40. The summed E-state index contributed by atoms with van der Waals surface area (Å²) in [6, 6.07) is 2.73. The molecule has 0 saturated heterocycles. The number of aromatic amines is 1. The molecule has 2 aromatic rings. The van der Waals surface area contributed by atoms with Gasteiger partial charge >= 0.3 is 0 Å². The molecule has 1 heterocycles. The summed E-state index contributed by atoms with van der Waals surface area (Å²) in [5, 5.41) is 19.0. The summed E-state index contributed by atoms with van der Waals surface area (Å²) in [6.45, 7) is -2.65. The van der Waals surface area contributed by atoms with Crippen LogP contribution in [0.25, 0.3) is 10.9 Å². The third kappa shape index (κ3) is 1.94. The lowest BCUT2D eigenvalue weighted by atomic mass is 10.1. The predicted octanol–water partition coefficient (Wildman–Crippen LogP) is 1.67. The highest BCUT2D eigenvalue weighted by Gasteiger charge is 2.15. The molecule has 1 aromatic carbocycles. The summed E-state index contributed by atoms with van der Waals surface area (Å²) in [5.74, 6) is -1.27. The van der Waals surface area contributed by atoms with Crippen LogP contribution in [-0.4, -0.2) is 21.8 Å². The first-order valence-electron chi connectivity index (χ1n) is 5.65. The number of hydrogen-bond acceptors (Lipinski definition) is 3. The highest BCUT2D eigenvalue weighted by Crippen LogP contribution is 2.29. The van der Waals surface area contributed by atoms with Gasteiger partial charge in [0, 0.05) is 18.4 Å². The Labute approximate surface area is 107 Å². The van der Waals surface area contributed by atoms with Crippen molar-refractivity contribution in [1.29, 1.82) is 0 Å². The molecule has 0 aliphatic heterocycles. The van der Waals surface area contributed by atoms with E-state index in [0.29, 0.717) is 0 Å². The third-order valence-electron chi connectivity index (χ3n) is 2.40. The van der Waals surface area contributed by atoms with E-state index in [2.05, 4.69) is 20.9 Å². The molecule has 0 atom stereocenters. The van der Waals surface area contributed by atoms with Crippen molar-refractivity contribution in [3.63, 3.8) is 0 Å². The topological polar surface area (TPSA) is 73.3 Å². The van der Waals surface area contributed by atoms with Crippen LogP contribution in [0.1, 0.15) is 8.30 Å². The van der Waals surface area contributed by atoms with Gasteiger partial charge in [0.2, 0.25) is 0 Å². The fourth-order valence-electron chi connectivity index (χ4n) is 1.57. The lowest BCUT2D eigenvalue weighted by molar-refractivity contribution is 0.297. The van der Waals surface area contributed by atoms with E-state index in [1.165, 1.54) is 12.1 Å². The molecule has 0 aliphatic carbocycles.